The van der Waals surface area contributed by atoms with Gasteiger partial charge in [-0.05, 0) is 137 Å². The molecule has 2 aliphatic rings. The molecule has 0 unspecified atom stereocenters. The number of anilines is 3. The summed E-state index contributed by atoms with van der Waals surface area (Å²) >= 11 is 0. The van der Waals surface area contributed by atoms with Crippen molar-refractivity contribution in [1.29, 1.82) is 0 Å². The Balaban J connectivity index is 0.992. The second-order valence-corrected chi connectivity index (χ2v) is 17.7. The van der Waals surface area contributed by atoms with Crippen LogP contribution in [0, 0.1) is 5.92 Å². The number of furan rings is 1. The Labute approximate surface area is 361 Å². The van der Waals surface area contributed by atoms with E-state index in [1.807, 2.05) is 0 Å². The predicted molar refractivity (Wildman–Crippen MR) is 259 cm³/mol. The fraction of sp³-hybridized carbons (Fsp3) is 0.119. The summed E-state index contributed by atoms with van der Waals surface area (Å²) in [6.45, 7) is 0. The quantitative estimate of drug-likeness (QED) is 0.160. The topological polar surface area (TPSA) is 21.3 Å². The lowest BCUT2D eigenvalue weighted by Crippen LogP contribution is -2.19. The van der Waals surface area contributed by atoms with E-state index in [1.165, 1.54) is 98.2 Å². The molecule has 0 amide bonds. The molecule has 2 aliphatic carbocycles. The van der Waals surface area contributed by atoms with Crippen molar-refractivity contribution in [3.05, 3.63) is 206 Å². The van der Waals surface area contributed by atoms with E-state index in [9.17, 15) is 0 Å². The molecule has 3 nitrogen and oxygen atoms in total. The van der Waals surface area contributed by atoms with E-state index in [4.69, 9.17) is 4.42 Å². The maximum Gasteiger partial charge on any atom is 0.159 e. The van der Waals surface area contributed by atoms with Gasteiger partial charge in [-0.1, -0.05) is 146 Å². The Morgan fingerprint density at radius 3 is 1.90 bits per heavy atom. The summed E-state index contributed by atoms with van der Waals surface area (Å²) in [5, 5.41) is 7.22. The Morgan fingerprint density at radius 2 is 1.15 bits per heavy atom. The molecule has 0 N–H and O–H groups in total. The number of fused-ring (bicyclic) bond motifs is 9. The summed E-state index contributed by atoms with van der Waals surface area (Å²) in [5.74, 6) is 0.917. The van der Waals surface area contributed by atoms with Crippen LogP contribution in [0.5, 0.6) is 0 Å². The van der Waals surface area contributed by atoms with E-state index in [1.54, 1.807) is 0 Å². The van der Waals surface area contributed by atoms with Gasteiger partial charge in [0.15, 0.2) is 5.58 Å². The van der Waals surface area contributed by atoms with E-state index in [0.29, 0.717) is 5.41 Å². The molecule has 296 valence electrons. The monoisotopic (exact) mass is 796 g/mol. The van der Waals surface area contributed by atoms with Crippen LogP contribution in [0.4, 0.5) is 17.1 Å². The van der Waals surface area contributed by atoms with Gasteiger partial charge in [-0.3, -0.25) is 0 Å². The maximum absolute atomic E-state index is 6.76. The van der Waals surface area contributed by atoms with E-state index in [2.05, 4.69) is 210 Å². The fourth-order valence-electron chi connectivity index (χ4n) is 11.5. The van der Waals surface area contributed by atoms with Gasteiger partial charge in [-0.15, -0.1) is 0 Å². The van der Waals surface area contributed by atoms with Gasteiger partial charge in [-0.2, -0.15) is 0 Å². The Kier molecular flexibility index (Phi) is 7.90. The molecule has 2 aromatic heterocycles. The standard InChI is InChI=1S/C59H44N2O/c1-2-11-40(12-3-1)47-17-8-13-42-14-9-18-48(57(42)47)41-23-27-44(28-24-41)60(54-21-10-19-52-51-16-5-7-22-56(51)62-58(52)54)46-31-32-50-49-15-4-6-20-53(49)61(55(50)37-46)45-29-25-43(26-30-45)59-35-33-39(38-59)34-36-59/h1-32,37,39H,33-36,38H2. The average molecular weight is 797 g/mol. The third-order valence-corrected chi connectivity index (χ3v) is 14.4. The molecule has 3 heteroatoms. The summed E-state index contributed by atoms with van der Waals surface area (Å²) < 4.78 is 9.23. The molecule has 2 saturated carbocycles. The Morgan fingerprint density at radius 1 is 0.500 bits per heavy atom. The van der Waals surface area contributed by atoms with Crippen LogP contribution in [-0.2, 0) is 5.41 Å². The highest BCUT2D eigenvalue weighted by Gasteiger charge is 2.45. The normalized spacial score (nSPS) is 17.3. The van der Waals surface area contributed by atoms with E-state index >= 15 is 0 Å². The van der Waals surface area contributed by atoms with Gasteiger partial charge in [0.05, 0.1) is 16.7 Å². The number of para-hydroxylation sites is 3. The van der Waals surface area contributed by atoms with Crippen LogP contribution in [0.3, 0.4) is 0 Å². The number of aromatic nitrogens is 1. The van der Waals surface area contributed by atoms with Gasteiger partial charge in [-0.25, -0.2) is 0 Å². The summed E-state index contributed by atoms with van der Waals surface area (Å²) in [6.07, 6.45) is 6.80. The van der Waals surface area contributed by atoms with Crippen molar-refractivity contribution < 1.29 is 4.42 Å². The zero-order valence-electron chi connectivity index (χ0n) is 34.5. The van der Waals surface area contributed by atoms with E-state index in [-0.39, 0.29) is 0 Å². The molecule has 2 fully saturated rings. The molecule has 9 aromatic carbocycles. The molecule has 2 bridgehead atoms. The van der Waals surface area contributed by atoms with Crippen molar-refractivity contribution in [3.63, 3.8) is 0 Å². The molecule has 0 radical (unpaired) electrons. The van der Waals surface area contributed by atoms with E-state index in [0.717, 1.165) is 44.9 Å². The highest BCUT2D eigenvalue weighted by Crippen LogP contribution is 2.55. The lowest BCUT2D eigenvalue weighted by Gasteiger charge is -2.27. The van der Waals surface area contributed by atoms with Gasteiger partial charge >= 0.3 is 0 Å². The molecule has 0 saturated heterocycles. The number of hydrogen-bond acceptors (Lipinski definition) is 2. The van der Waals surface area contributed by atoms with Crippen LogP contribution >= 0.6 is 0 Å². The van der Waals surface area contributed by atoms with Crippen molar-refractivity contribution in [1.82, 2.24) is 4.57 Å². The van der Waals surface area contributed by atoms with Crippen molar-refractivity contribution >= 4 is 71.6 Å². The first-order valence-electron chi connectivity index (χ1n) is 22.2. The summed E-state index contributed by atoms with van der Waals surface area (Å²) in [6, 6.07) is 73.5. The second kappa shape index (κ2) is 13.8. The predicted octanol–water partition coefficient (Wildman–Crippen LogP) is 16.5. The second-order valence-electron chi connectivity index (χ2n) is 17.7. The molecule has 0 spiro atoms. The first-order chi connectivity index (χ1) is 30.7. The first kappa shape index (κ1) is 35.4. The summed E-state index contributed by atoms with van der Waals surface area (Å²) in [7, 11) is 0. The van der Waals surface area contributed by atoms with Crippen molar-refractivity contribution in [2.75, 3.05) is 4.90 Å². The molecule has 13 rings (SSSR count). The third-order valence-electron chi connectivity index (χ3n) is 14.4. The highest BCUT2D eigenvalue weighted by atomic mass is 16.3. The van der Waals surface area contributed by atoms with Crippen LogP contribution in [0.25, 0.3) is 82.5 Å². The molecule has 0 aliphatic heterocycles. The van der Waals surface area contributed by atoms with Gasteiger partial charge in [0.25, 0.3) is 0 Å². The van der Waals surface area contributed by atoms with E-state index < -0.39 is 0 Å². The minimum absolute atomic E-state index is 0.378. The smallest absolute Gasteiger partial charge is 0.159 e. The van der Waals surface area contributed by atoms with Crippen molar-refractivity contribution in [2.45, 2.75) is 37.5 Å². The zero-order valence-corrected chi connectivity index (χ0v) is 34.5. The summed E-state index contributed by atoms with van der Waals surface area (Å²) in [4.78, 5) is 2.38. The fourth-order valence-corrected chi connectivity index (χ4v) is 11.5. The SMILES string of the molecule is c1ccc(-c2cccc3cccc(-c4ccc(N(c5ccc6c7ccccc7n(-c7ccc(C89CCC(CC8)C9)cc7)c6c5)c5cccc6c5oc5ccccc56)cc4)c23)cc1. The summed E-state index contributed by atoms with van der Waals surface area (Å²) in [5.41, 5.74) is 15.2. The molecular formula is C59H44N2O. The third kappa shape index (κ3) is 5.44. The van der Waals surface area contributed by atoms with Crippen LogP contribution in [-0.4, -0.2) is 4.57 Å². The largest absolute Gasteiger partial charge is 0.454 e. The number of nitrogens with zero attached hydrogens (tertiary/aromatic N) is 2. The highest BCUT2D eigenvalue weighted by molar-refractivity contribution is 6.13. The van der Waals surface area contributed by atoms with Crippen LogP contribution < -0.4 is 4.90 Å². The minimum atomic E-state index is 0.378. The molecule has 0 atom stereocenters. The van der Waals surface area contributed by atoms with Gasteiger partial charge in [0.1, 0.15) is 5.58 Å². The van der Waals surface area contributed by atoms with Gasteiger partial charge < -0.3 is 13.9 Å². The number of hydrogen-bond donors (Lipinski definition) is 0. The number of rotatable bonds is 7. The Hall–Kier alpha value is -7.36. The van der Waals surface area contributed by atoms with Gasteiger partial charge in [0, 0.05) is 38.6 Å². The zero-order chi connectivity index (χ0) is 40.8. The lowest BCUT2D eigenvalue weighted by atomic mass is 9.78. The van der Waals surface area contributed by atoms with Crippen molar-refractivity contribution in [2.24, 2.45) is 5.92 Å². The van der Waals surface area contributed by atoms with Gasteiger partial charge in [0.2, 0.25) is 0 Å². The van der Waals surface area contributed by atoms with Crippen molar-refractivity contribution in [3.8, 4) is 27.9 Å². The molecule has 2 heterocycles. The molecular weight excluding hydrogens is 753 g/mol. The molecule has 11 aromatic rings. The van der Waals surface area contributed by atoms with Crippen LogP contribution in [0.2, 0.25) is 0 Å². The maximum atomic E-state index is 6.76. The average Bonchev–Trinajstić information content (AvgIpc) is 4.13. The van der Waals surface area contributed by atoms with Crippen LogP contribution in [0.1, 0.15) is 37.7 Å². The van der Waals surface area contributed by atoms with Crippen LogP contribution in [0.15, 0.2) is 205 Å². The Bertz CT molecular complexity index is 3490. The molecule has 62 heavy (non-hydrogen) atoms. The number of benzene rings is 9. The lowest BCUT2D eigenvalue weighted by molar-refractivity contribution is 0.419. The first-order valence-corrected chi connectivity index (χ1v) is 22.2. The minimum Gasteiger partial charge on any atom is -0.454 e.